The smallest absolute Gasteiger partial charge is 0.137 e. The van der Waals surface area contributed by atoms with Crippen LogP contribution in [0.5, 0.6) is 11.5 Å². The maximum atomic E-state index is 7.11. The highest BCUT2D eigenvalue weighted by molar-refractivity contribution is 6.11. The largest absolute Gasteiger partial charge is 0.457 e. The molecule has 5 heteroatoms. The quantitative estimate of drug-likeness (QED) is 0.129. The van der Waals surface area contributed by atoms with Crippen molar-refractivity contribution in [3.8, 4) is 39.6 Å². The molecule has 0 fully saturated rings. The zero-order valence-electron chi connectivity index (χ0n) is 45.6. The molecular formula is C68H74N4O. The molecule has 0 saturated heterocycles. The molecule has 1 aliphatic rings. The van der Waals surface area contributed by atoms with E-state index < -0.39 is 0 Å². The minimum absolute atomic E-state index is 0.00557. The van der Waals surface area contributed by atoms with Gasteiger partial charge in [0.2, 0.25) is 0 Å². The van der Waals surface area contributed by atoms with E-state index in [9.17, 15) is 0 Å². The number of rotatable bonds is 11. The number of aromatic nitrogens is 2. The fraction of sp³-hybridized carbons (Fsp3) is 0.309. The number of hydrogen-bond acceptors (Lipinski definition) is 4. The van der Waals surface area contributed by atoms with Gasteiger partial charge in [0.1, 0.15) is 24.0 Å². The third-order valence-electron chi connectivity index (χ3n) is 14.6. The highest BCUT2D eigenvalue weighted by Crippen LogP contribution is 2.51. The Hall–Kier alpha value is -7.11. The number of hydrogen-bond donors (Lipinski definition) is 0. The van der Waals surface area contributed by atoms with Gasteiger partial charge < -0.3 is 14.5 Å². The number of pyridine rings is 1. The Balaban J connectivity index is 1.09. The van der Waals surface area contributed by atoms with Gasteiger partial charge in [0.15, 0.2) is 0 Å². The van der Waals surface area contributed by atoms with E-state index in [2.05, 4.69) is 262 Å². The van der Waals surface area contributed by atoms with Crippen molar-refractivity contribution < 1.29 is 4.74 Å². The molecule has 1 aliphatic heterocycles. The maximum absolute atomic E-state index is 7.11. The lowest BCUT2D eigenvalue weighted by Gasteiger charge is -2.28. The van der Waals surface area contributed by atoms with Crippen LogP contribution in [0.4, 0.5) is 22.7 Å². The highest BCUT2D eigenvalue weighted by atomic mass is 16.5. The highest BCUT2D eigenvalue weighted by Gasteiger charge is 2.32. The Morgan fingerprint density at radius 3 is 1.71 bits per heavy atom. The van der Waals surface area contributed by atoms with Crippen molar-refractivity contribution in [1.82, 2.24) is 9.55 Å². The van der Waals surface area contributed by atoms with E-state index in [0.29, 0.717) is 18.5 Å². The van der Waals surface area contributed by atoms with E-state index >= 15 is 0 Å². The van der Waals surface area contributed by atoms with Gasteiger partial charge in [-0.3, -0.25) is 4.57 Å². The van der Waals surface area contributed by atoms with Crippen molar-refractivity contribution >= 4 is 44.6 Å². The van der Waals surface area contributed by atoms with E-state index in [0.717, 1.165) is 52.6 Å². The van der Waals surface area contributed by atoms with Crippen LogP contribution >= 0.6 is 0 Å². The Morgan fingerprint density at radius 1 is 0.507 bits per heavy atom. The number of anilines is 4. The lowest BCUT2D eigenvalue weighted by molar-refractivity contribution is 0.482. The van der Waals surface area contributed by atoms with Gasteiger partial charge in [0, 0.05) is 45.9 Å². The summed E-state index contributed by atoms with van der Waals surface area (Å²) < 4.78 is 9.47. The molecule has 0 radical (unpaired) electrons. The van der Waals surface area contributed by atoms with E-state index in [-0.39, 0.29) is 16.2 Å². The average Bonchev–Trinajstić information content (AvgIpc) is 3.89. The summed E-state index contributed by atoms with van der Waals surface area (Å²) in [6.07, 6.45) is 3.91. The second kappa shape index (κ2) is 19.1. The Labute approximate surface area is 435 Å². The molecule has 0 aliphatic carbocycles. The van der Waals surface area contributed by atoms with Crippen molar-refractivity contribution in [3.05, 3.63) is 192 Å². The topological polar surface area (TPSA) is 33.5 Å². The second-order valence-corrected chi connectivity index (χ2v) is 24.5. The van der Waals surface area contributed by atoms with Crippen molar-refractivity contribution in [1.29, 1.82) is 0 Å². The van der Waals surface area contributed by atoms with Crippen molar-refractivity contribution in [2.75, 3.05) is 16.5 Å². The minimum Gasteiger partial charge on any atom is -0.457 e. The van der Waals surface area contributed by atoms with Crippen LogP contribution in [-0.4, -0.2) is 16.2 Å². The van der Waals surface area contributed by atoms with E-state index in [4.69, 9.17) is 9.72 Å². The Kier molecular flexibility index (Phi) is 12.9. The molecule has 3 heterocycles. The number of ether oxygens (including phenoxy) is 1. The van der Waals surface area contributed by atoms with Crippen LogP contribution in [0.25, 0.3) is 49.9 Å². The normalized spacial score (nSPS) is 13.2. The lowest BCUT2D eigenvalue weighted by Crippen LogP contribution is -2.25. The third kappa shape index (κ3) is 9.91. The summed E-state index contributed by atoms with van der Waals surface area (Å²) in [5, 5.41) is 2.55. The molecular weight excluding hydrogens is 889 g/mol. The molecule has 9 aromatic rings. The summed E-state index contributed by atoms with van der Waals surface area (Å²) in [5.74, 6) is 3.52. The number of nitrogens with zero attached hydrogens (tertiary/aromatic N) is 4. The number of para-hydroxylation sites is 3. The fourth-order valence-electron chi connectivity index (χ4n) is 10.8. The maximum Gasteiger partial charge on any atom is 0.137 e. The molecule has 0 saturated carbocycles. The molecule has 0 amide bonds. The van der Waals surface area contributed by atoms with Crippen LogP contribution < -0.4 is 14.5 Å². The summed E-state index contributed by atoms with van der Waals surface area (Å²) >= 11 is 0. The number of fused-ring (bicyclic) bond motifs is 4. The molecule has 0 spiro atoms. The fourth-order valence-corrected chi connectivity index (χ4v) is 10.8. The molecule has 10 rings (SSSR count). The summed E-state index contributed by atoms with van der Waals surface area (Å²) in [6, 6.07) is 58.6. The van der Waals surface area contributed by atoms with Gasteiger partial charge >= 0.3 is 0 Å². The van der Waals surface area contributed by atoms with Gasteiger partial charge in [-0.25, -0.2) is 4.98 Å². The zero-order chi connectivity index (χ0) is 51.6. The number of benzene rings is 7. The van der Waals surface area contributed by atoms with Crippen LogP contribution in [0.1, 0.15) is 118 Å². The van der Waals surface area contributed by atoms with Gasteiger partial charge in [-0.1, -0.05) is 181 Å². The van der Waals surface area contributed by atoms with Crippen molar-refractivity contribution in [2.45, 2.75) is 119 Å². The van der Waals surface area contributed by atoms with Crippen molar-refractivity contribution in [2.24, 2.45) is 11.8 Å². The lowest BCUT2D eigenvalue weighted by atomic mass is 9.84. The van der Waals surface area contributed by atoms with Gasteiger partial charge in [0.25, 0.3) is 0 Å². The van der Waals surface area contributed by atoms with Crippen LogP contribution in [0.2, 0.25) is 0 Å². The molecule has 0 unspecified atom stereocenters. The predicted molar refractivity (Wildman–Crippen MR) is 311 cm³/mol. The van der Waals surface area contributed by atoms with Crippen LogP contribution in [0.15, 0.2) is 164 Å². The van der Waals surface area contributed by atoms with Crippen LogP contribution in [-0.2, 0) is 29.1 Å². The van der Waals surface area contributed by atoms with Crippen LogP contribution in [0, 0.1) is 11.8 Å². The van der Waals surface area contributed by atoms with Gasteiger partial charge in [-0.15, -0.1) is 0 Å². The average molecular weight is 963 g/mol. The monoisotopic (exact) mass is 963 g/mol. The van der Waals surface area contributed by atoms with E-state index in [1.807, 2.05) is 6.20 Å². The molecule has 5 nitrogen and oxygen atoms in total. The minimum atomic E-state index is -0.0301. The van der Waals surface area contributed by atoms with E-state index in [1.165, 1.54) is 72.2 Å². The molecule has 73 heavy (non-hydrogen) atoms. The summed E-state index contributed by atoms with van der Waals surface area (Å²) in [5.41, 5.74) is 18.2. The first kappa shape index (κ1) is 49.5. The zero-order valence-corrected chi connectivity index (χ0v) is 45.6. The summed E-state index contributed by atoms with van der Waals surface area (Å²) in [7, 11) is 0. The van der Waals surface area contributed by atoms with Gasteiger partial charge in [-0.05, 0) is 134 Å². The third-order valence-corrected chi connectivity index (χ3v) is 14.6. The Morgan fingerprint density at radius 2 is 1.10 bits per heavy atom. The molecule has 0 N–H and O–H groups in total. The molecule has 7 aromatic carbocycles. The van der Waals surface area contributed by atoms with Crippen molar-refractivity contribution in [3.63, 3.8) is 0 Å². The molecule has 0 atom stereocenters. The molecule has 0 bridgehead atoms. The summed E-state index contributed by atoms with van der Waals surface area (Å²) in [4.78, 5) is 10.0. The standard InChI is InChI=1S/C68H74N4O/c1-44(2)34-46-30-31-59-58(36-46)64-49(35-45(3)4)39-55(42-62(64)72(59)63-40-52(32-33-69-63)68(11,12)13)73-54-25-18-24-53(41-54)70-43-71(61-29-15-14-28-60(61)70)65-56(47-20-16-22-50(37-47)66(5,6)7)26-19-27-57(65)48-21-17-23-51(38-48)67(8,9)10/h14-33,36-42,44-45H,34-35,43H2,1-13H3. The first-order valence-electron chi connectivity index (χ1n) is 26.5. The Bertz CT molecular complexity index is 3420. The molecule has 2 aromatic heterocycles. The van der Waals surface area contributed by atoms with Gasteiger partial charge in [0.05, 0.1) is 28.1 Å². The second-order valence-electron chi connectivity index (χ2n) is 24.5. The van der Waals surface area contributed by atoms with Gasteiger partial charge in [-0.2, -0.15) is 0 Å². The molecule has 372 valence electrons. The first-order valence-corrected chi connectivity index (χ1v) is 26.5. The first-order chi connectivity index (χ1) is 34.7. The van der Waals surface area contributed by atoms with E-state index in [1.54, 1.807) is 0 Å². The predicted octanol–water partition coefficient (Wildman–Crippen LogP) is 18.8. The SMILES string of the molecule is CC(C)Cc1ccc2c(c1)c1c(CC(C)C)cc(Oc3cccc(N4CN(c5c(-c6cccc(C(C)(C)C)c6)cccc5-c5cccc(C(C)(C)C)c5)c5ccccc54)c3)cc1n2-c1cc(C(C)(C)C)ccn1. The summed E-state index contributed by atoms with van der Waals surface area (Å²) in [6.45, 7) is 30.4. The van der Waals surface area contributed by atoms with Crippen LogP contribution in [0.3, 0.4) is 0 Å².